The van der Waals surface area contributed by atoms with Crippen LogP contribution in [0, 0.1) is 0 Å². The van der Waals surface area contributed by atoms with Crippen molar-refractivity contribution in [2.75, 3.05) is 0 Å². The molecule has 0 fully saturated rings. The Hall–Kier alpha value is -2.76. The quantitative estimate of drug-likeness (QED) is 0.448. The molecule has 0 aliphatic carbocycles. The van der Waals surface area contributed by atoms with Gasteiger partial charge in [0.25, 0.3) is 5.91 Å². The predicted octanol–water partition coefficient (Wildman–Crippen LogP) is 2.16. The fraction of sp³-hybridized carbons (Fsp3) is 0.158. The Morgan fingerprint density at radius 1 is 1.21 bits per heavy atom. The molecule has 24 heavy (non-hydrogen) atoms. The normalized spacial score (nSPS) is 16.1. The first-order valence-corrected chi connectivity index (χ1v) is 7.72. The number of benzene rings is 2. The van der Waals surface area contributed by atoms with E-state index in [2.05, 4.69) is 5.32 Å². The average Bonchev–Trinajstić information content (AvgIpc) is 3.03. The molecule has 0 bridgehead atoms. The van der Waals surface area contributed by atoms with Crippen LogP contribution in [0.2, 0.25) is 0 Å². The van der Waals surface area contributed by atoms with Gasteiger partial charge in [-0.1, -0.05) is 48.5 Å². The Balaban J connectivity index is 1.74. The van der Waals surface area contributed by atoms with E-state index in [1.54, 1.807) is 11.6 Å². The molecule has 2 aromatic carbocycles. The summed E-state index contributed by atoms with van der Waals surface area (Å²) in [6.07, 6.45) is 3.27. The lowest BCUT2D eigenvalue weighted by molar-refractivity contribution is -0.124. The largest absolute Gasteiger partial charge is 0.300 e. The number of hydroxylamine groups is 1. The van der Waals surface area contributed by atoms with Gasteiger partial charge >= 0.3 is 0 Å². The average molecular weight is 322 g/mol. The Kier molecular flexibility index (Phi) is 4.84. The third-order valence-electron chi connectivity index (χ3n) is 4.06. The van der Waals surface area contributed by atoms with E-state index in [1.807, 2.05) is 48.5 Å². The van der Waals surface area contributed by atoms with E-state index < -0.39 is 5.91 Å². The minimum Gasteiger partial charge on any atom is -0.300 e. The number of carbonyl (C=O) groups is 2. The van der Waals surface area contributed by atoms with Gasteiger partial charge in [-0.25, -0.2) is 5.48 Å². The van der Waals surface area contributed by atoms with E-state index in [4.69, 9.17) is 5.21 Å². The maximum absolute atomic E-state index is 12.6. The zero-order valence-corrected chi connectivity index (χ0v) is 13.0. The van der Waals surface area contributed by atoms with Gasteiger partial charge in [-0.05, 0) is 28.3 Å². The molecule has 1 unspecified atom stereocenters. The molecule has 1 aliphatic heterocycles. The van der Waals surface area contributed by atoms with Gasteiger partial charge in [0.1, 0.15) is 0 Å². The first-order valence-electron chi connectivity index (χ1n) is 7.72. The van der Waals surface area contributed by atoms with E-state index in [0.29, 0.717) is 13.0 Å². The molecule has 0 saturated carbocycles. The van der Waals surface area contributed by atoms with Crippen LogP contribution < -0.4 is 10.8 Å². The standard InChI is InChI=1S/C19H18N2O3/c22-17(11-13-4-2-1-3-5-13)19-16-8-6-14(7-9-18(23)21-24)10-15(16)12-20-19/h1-10,19-20,24H,11-12H2,(H,21,23). The van der Waals surface area contributed by atoms with Crippen molar-refractivity contribution in [2.45, 2.75) is 19.0 Å². The van der Waals surface area contributed by atoms with Gasteiger partial charge in [0.2, 0.25) is 0 Å². The zero-order chi connectivity index (χ0) is 16.9. The Bertz CT molecular complexity index is 784. The van der Waals surface area contributed by atoms with Crippen molar-refractivity contribution in [3.05, 3.63) is 76.9 Å². The number of rotatable bonds is 5. The summed E-state index contributed by atoms with van der Waals surface area (Å²) in [6, 6.07) is 15.1. The summed E-state index contributed by atoms with van der Waals surface area (Å²) in [7, 11) is 0. The maximum Gasteiger partial charge on any atom is 0.267 e. The third kappa shape index (κ3) is 3.59. The van der Waals surface area contributed by atoms with Crippen molar-refractivity contribution >= 4 is 17.8 Å². The Labute approximate surface area is 140 Å². The number of amides is 1. The van der Waals surface area contributed by atoms with Crippen molar-refractivity contribution in [3.8, 4) is 0 Å². The molecule has 5 heteroatoms. The molecule has 0 saturated heterocycles. The van der Waals surface area contributed by atoms with Crippen LogP contribution in [0.15, 0.2) is 54.6 Å². The van der Waals surface area contributed by atoms with Crippen LogP contribution in [0.4, 0.5) is 0 Å². The van der Waals surface area contributed by atoms with E-state index in [-0.39, 0.29) is 11.8 Å². The van der Waals surface area contributed by atoms with E-state index in [9.17, 15) is 9.59 Å². The smallest absolute Gasteiger partial charge is 0.267 e. The second kappa shape index (κ2) is 7.21. The number of hydrogen-bond acceptors (Lipinski definition) is 4. The number of hydrogen-bond donors (Lipinski definition) is 3. The molecule has 1 amide bonds. The monoisotopic (exact) mass is 322 g/mol. The highest BCUT2D eigenvalue weighted by molar-refractivity contribution is 5.91. The van der Waals surface area contributed by atoms with Gasteiger partial charge in [0, 0.05) is 19.0 Å². The molecule has 0 aromatic heterocycles. The molecule has 2 aromatic rings. The lowest BCUT2D eigenvalue weighted by Gasteiger charge is -2.11. The number of nitrogens with one attached hydrogen (secondary N) is 2. The van der Waals surface area contributed by atoms with Gasteiger partial charge in [-0.15, -0.1) is 0 Å². The first-order chi connectivity index (χ1) is 11.7. The van der Waals surface area contributed by atoms with Gasteiger partial charge in [-0.2, -0.15) is 0 Å². The summed E-state index contributed by atoms with van der Waals surface area (Å²) in [5.41, 5.74) is 5.43. The van der Waals surface area contributed by atoms with Crippen molar-refractivity contribution in [1.82, 2.24) is 10.8 Å². The highest BCUT2D eigenvalue weighted by atomic mass is 16.5. The van der Waals surface area contributed by atoms with Gasteiger partial charge in [0.15, 0.2) is 5.78 Å². The second-order valence-electron chi connectivity index (χ2n) is 5.71. The van der Waals surface area contributed by atoms with E-state index >= 15 is 0 Å². The highest BCUT2D eigenvalue weighted by Crippen LogP contribution is 2.28. The second-order valence-corrected chi connectivity index (χ2v) is 5.71. The lowest BCUT2D eigenvalue weighted by Crippen LogP contribution is -2.23. The van der Waals surface area contributed by atoms with Gasteiger partial charge in [0.05, 0.1) is 6.04 Å². The van der Waals surface area contributed by atoms with Gasteiger partial charge in [-0.3, -0.25) is 20.1 Å². The summed E-state index contributed by atoms with van der Waals surface area (Å²) in [5.74, 6) is -0.438. The molecule has 1 aliphatic rings. The zero-order valence-electron chi connectivity index (χ0n) is 13.0. The minimum atomic E-state index is -0.579. The first kappa shape index (κ1) is 16.1. The molecular formula is C19H18N2O3. The minimum absolute atomic E-state index is 0.142. The van der Waals surface area contributed by atoms with Gasteiger partial charge < -0.3 is 0 Å². The molecule has 3 rings (SSSR count). The molecule has 0 radical (unpaired) electrons. The van der Waals surface area contributed by atoms with Crippen molar-refractivity contribution in [1.29, 1.82) is 0 Å². The van der Waals surface area contributed by atoms with Crippen molar-refractivity contribution in [3.63, 3.8) is 0 Å². The topological polar surface area (TPSA) is 78.4 Å². The molecule has 1 heterocycles. The molecule has 0 spiro atoms. The maximum atomic E-state index is 12.6. The Morgan fingerprint density at radius 3 is 2.75 bits per heavy atom. The van der Waals surface area contributed by atoms with E-state index in [1.165, 1.54) is 6.08 Å². The van der Waals surface area contributed by atoms with E-state index in [0.717, 1.165) is 22.3 Å². The predicted molar refractivity (Wildman–Crippen MR) is 90.1 cm³/mol. The molecule has 3 N–H and O–H groups in total. The van der Waals surface area contributed by atoms with Crippen LogP contribution in [0.5, 0.6) is 0 Å². The summed E-state index contributed by atoms with van der Waals surface area (Å²) in [5, 5.41) is 11.7. The SMILES string of the molecule is O=C(C=Cc1ccc2c(c1)CNC2C(=O)Cc1ccccc1)NO. The Morgan fingerprint density at radius 2 is 2.00 bits per heavy atom. The fourth-order valence-corrected chi connectivity index (χ4v) is 2.88. The summed E-state index contributed by atoms with van der Waals surface area (Å²) in [4.78, 5) is 23.6. The molecule has 1 atom stereocenters. The molecule has 122 valence electrons. The van der Waals surface area contributed by atoms with Crippen molar-refractivity contribution in [2.24, 2.45) is 0 Å². The number of Topliss-reactive ketones (excluding diaryl/α,β-unsaturated/α-hetero) is 1. The van der Waals surface area contributed by atoms with Crippen LogP contribution in [-0.4, -0.2) is 16.9 Å². The lowest BCUT2D eigenvalue weighted by atomic mass is 9.96. The summed E-state index contributed by atoms with van der Waals surface area (Å²) >= 11 is 0. The van der Waals surface area contributed by atoms with Crippen LogP contribution in [-0.2, 0) is 22.6 Å². The third-order valence-corrected chi connectivity index (χ3v) is 4.06. The van der Waals surface area contributed by atoms with Crippen LogP contribution >= 0.6 is 0 Å². The molecular weight excluding hydrogens is 304 g/mol. The van der Waals surface area contributed by atoms with Crippen molar-refractivity contribution < 1.29 is 14.8 Å². The summed E-state index contributed by atoms with van der Waals surface area (Å²) in [6.45, 7) is 0.619. The fourth-order valence-electron chi connectivity index (χ4n) is 2.88. The number of ketones is 1. The van der Waals surface area contributed by atoms with Crippen LogP contribution in [0.25, 0.3) is 6.08 Å². The number of fused-ring (bicyclic) bond motifs is 1. The summed E-state index contributed by atoms with van der Waals surface area (Å²) < 4.78 is 0. The van der Waals surface area contributed by atoms with Crippen LogP contribution in [0.1, 0.15) is 28.3 Å². The highest BCUT2D eigenvalue weighted by Gasteiger charge is 2.27. The molecule has 5 nitrogen and oxygen atoms in total. The number of carbonyl (C=O) groups excluding carboxylic acids is 2. The van der Waals surface area contributed by atoms with Crippen LogP contribution in [0.3, 0.4) is 0 Å².